The van der Waals surface area contributed by atoms with Gasteiger partial charge in [0.25, 0.3) is 5.91 Å². The van der Waals surface area contributed by atoms with E-state index in [9.17, 15) is 18.0 Å². The van der Waals surface area contributed by atoms with Gasteiger partial charge >= 0.3 is 6.03 Å². The Morgan fingerprint density at radius 1 is 1.15 bits per heavy atom. The molecule has 1 aliphatic heterocycles. The molecule has 0 radical (unpaired) electrons. The Kier molecular flexibility index (Phi) is 6.25. The van der Waals surface area contributed by atoms with Crippen LogP contribution >= 0.6 is 27.3 Å². The van der Waals surface area contributed by atoms with Crippen molar-refractivity contribution in [3.8, 4) is 10.6 Å². The summed E-state index contributed by atoms with van der Waals surface area (Å²) in [6.07, 6.45) is 1.58. The Bertz CT molecular complexity index is 1330. The number of rotatable bonds is 7. The largest absolute Gasteiger partial charge is 0.352 e. The molecule has 33 heavy (non-hydrogen) atoms. The van der Waals surface area contributed by atoms with E-state index in [0.29, 0.717) is 27.5 Å². The maximum absolute atomic E-state index is 12.9. The number of sulfone groups is 1. The topological polar surface area (TPSA) is 121 Å². The van der Waals surface area contributed by atoms with Crippen molar-refractivity contribution >= 4 is 55.0 Å². The molecule has 0 unspecified atom stereocenters. The van der Waals surface area contributed by atoms with Crippen LogP contribution in [-0.2, 0) is 14.6 Å². The van der Waals surface area contributed by atoms with Crippen LogP contribution in [0.25, 0.3) is 10.6 Å². The molecule has 0 aliphatic carbocycles. The van der Waals surface area contributed by atoms with Crippen LogP contribution in [0.5, 0.6) is 0 Å². The molecule has 12 heteroatoms. The summed E-state index contributed by atoms with van der Waals surface area (Å²) in [5.74, 6) is -0.0218. The number of hydrogen-bond acceptors (Lipinski definition) is 8. The first kappa shape index (κ1) is 23.3. The second-order valence-corrected chi connectivity index (χ2v) is 11.8. The van der Waals surface area contributed by atoms with E-state index in [0.717, 1.165) is 11.3 Å². The van der Waals surface area contributed by atoms with Crippen molar-refractivity contribution in [1.29, 1.82) is 0 Å². The van der Waals surface area contributed by atoms with Gasteiger partial charge in [0.2, 0.25) is 15.8 Å². The molecule has 0 spiro atoms. The van der Waals surface area contributed by atoms with E-state index >= 15 is 0 Å². The average Bonchev–Trinajstić information content (AvgIpc) is 3.35. The molecule has 3 amide bonds. The summed E-state index contributed by atoms with van der Waals surface area (Å²) >= 11 is 4.55. The van der Waals surface area contributed by atoms with Gasteiger partial charge in [-0.25, -0.2) is 23.2 Å². The lowest BCUT2D eigenvalue weighted by Gasteiger charge is -2.27. The fraction of sp³-hybridized carbons (Fsp3) is 0.238. The molecule has 0 saturated carbocycles. The smallest absolute Gasteiger partial charge is 0.325 e. The minimum atomic E-state index is -3.62. The van der Waals surface area contributed by atoms with Crippen LogP contribution in [0.2, 0.25) is 0 Å². The molecule has 9 nitrogen and oxygen atoms in total. The van der Waals surface area contributed by atoms with Gasteiger partial charge in [0.1, 0.15) is 15.4 Å². The number of aromatic nitrogens is 2. The number of urea groups is 1. The van der Waals surface area contributed by atoms with E-state index in [1.807, 2.05) is 0 Å². The van der Waals surface area contributed by atoms with Gasteiger partial charge in [-0.3, -0.25) is 10.1 Å². The molecule has 3 heterocycles. The molecule has 2 N–H and O–H groups in total. The van der Waals surface area contributed by atoms with Gasteiger partial charge in [0.15, 0.2) is 0 Å². The van der Waals surface area contributed by atoms with Crippen molar-refractivity contribution in [3.05, 3.63) is 53.1 Å². The highest BCUT2D eigenvalue weighted by Crippen LogP contribution is 2.36. The van der Waals surface area contributed by atoms with Crippen molar-refractivity contribution in [2.24, 2.45) is 0 Å². The second kappa shape index (κ2) is 8.84. The number of thiophene rings is 1. The average molecular weight is 550 g/mol. The van der Waals surface area contributed by atoms with E-state index in [2.05, 4.69) is 36.5 Å². The molecule has 4 rings (SSSR count). The minimum Gasteiger partial charge on any atom is -0.352 e. The molecule has 1 aromatic carbocycles. The predicted octanol–water partition coefficient (Wildman–Crippen LogP) is 3.54. The van der Waals surface area contributed by atoms with Gasteiger partial charge in [-0.1, -0.05) is 18.2 Å². The molecule has 2 aromatic heterocycles. The summed E-state index contributed by atoms with van der Waals surface area (Å²) in [6, 6.07) is 11.1. The van der Waals surface area contributed by atoms with Crippen molar-refractivity contribution < 1.29 is 18.0 Å². The van der Waals surface area contributed by atoms with Crippen molar-refractivity contribution in [3.63, 3.8) is 0 Å². The maximum Gasteiger partial charge on any atom is 0.325 e. The third kappa shape index (κ3) is 4.50. The number of nitrogens with zero attached hydrogens (tertiary/aromatic N) is 3. The Balaban J connectivity index is 1.51. The van der Waals surface area contributed by atoms with E-state index in [1.54, 1.807) is 62.5 Å². The van der Waals surface area contributed by atoms with Crippen molar-refractivity contribution in [2.75, 3.05) is 18.4 Å². The Labute approximate surface area is 203 Å². The summed E-state index contributed by atoms with van der Waals surface area (Å²) in [5, 5.41) is 5.36. The third-order valence-corrected chi connectivity index (χ3v) is 9.13. The molecular formula is C21H20BrN5O4S2. The van der Waals surface area contributed by atoms with Crippen LogP contribution < -0.4 is 10.6 Å². The zero-order chi connectivity index (χ0) is 23.8. The van der Waals surface area contributed by atoms with E-state index in [-0.39, 0.29) is 21.6 Å². The van der Waals surface area contributed by atoms with Gasteiger partial charge in [-0.05, 0) is 54.0 Å². The molecule has 1 fully saturated rings. The molecule has 0 bridgehead atoms. The number of anilines is 1. The number of carbonyl (C=O) groups excluding carboxylic acids is 2. The Hall–Kier alpha value is -2.83. The van der Waals surface area contributed by atoms with Crippen LogP contribution in [0.15, 0.2) is 62.2 Å². The third-order valence-electron chi connectivity index (χ3n) is 5.19. The van der Waals surface area contributed by atoms with Crippen molar-refractivity contribution in [2.45, 2.75) is 28.5 Å². The highest BCUT2D eigenvalue weighted by molar-refractivity contribution is 9.10. The highest BCUT2D eigenvalue weighted by atomic mass is 79.9. The van der Waals surface area contributed by atoms with Gasteiger partial charge < -0.3 is 10.2 Å². The first-order valence-corrected chi connectivity index (χ1v) is 13.0. The van der Waals surface area contributed by atoms with Crippen LogP contribution in [0.3, 0.4) is 0 Å². The normalized spacial score (nSPS) is 15.5. The van der Waals surface area contributed by atoms with Crippen LogP contribution in [0.4, 0.5) is 10.7 Å². The summed E-state index contributed by atoms with van der Waals surface area (Å²) in [4.78, 5) is 35.0. The standard InChI is InChI=1S/C21H20BrN5O4S2/c1-21(2)18(28)26-20(29)27(21)11-10-23-19-24-12-14(22)17(25-19)15-8-9-16(32-15)33(30,31)13-6-4-3-5-7-13/h3-9,12H,10-11H2,1-2H3,(H,23,24,25)(H,26,28,29). The maximum atomic E-state index is 12.9. The fourth-order valence-electron chi connectivity index (χ4n) is 3.29. The number of imide groups is 1. The first-order chi connectivity index (χ1) is 15.6. The monoisotopic (exact) mass is 549 g/mol. The summed E-state index contributed by atoms with van der Waals surface area (Å²) < 4.78 is 26.6. The van der Waals surface area contributed by atoms with Crippen LogP contribution in [-0.4, -0.2) is 53.9 Å². The van der Waals surface area contributed by atoms with Crippen LogP contribution in [0.1, 0.15) is 13.8 Å². The van der Waals surface area contributed by atoms with E-state index in [1.165, 1.54) is 4.90 Å². The lowest BCUT2D eigenvalue weighted by atomic mass is 10.0. The van der Waals surface area contributed by atoms with E-state index in [4.69, 9.17) is 0 Å². The molecule has 1 saturated heterocycles. The number of nitrogens with one attached hydrogen (secondary N) is 2. The number of benzene rings is 1. The number of hydrogen-bond donors (Lipinski definition) is 2. The first-order valence-electron chi connectivity index (χ1n) is 9.90. The Morgan fingerprint density at radius 3 is 2.55 bits per heavy atom. The van der Waals surface area contributed by atoms with E-state index < -0.39 is 21.4 Å². The van der Waals surface area contributed by atoms with Gasteiger partial charge in [0, 0.05) is 19.3 Å². The van der Waals surface area contributed by atoms with Gasteiger partial charge in [-0.2, -0.15) is 0 Å². The Morgan fingerprint density at radius 2 is 1.88 bits per heavy atom. The number of halogens is 1. The lowest BCUT2D eigenvalue weighted by molar-refractivity contribution is -0.125. The number of amides is 3. The molecule has 1 aliphatic rings. The summed E-state index contributed by atoms with van der Waals surface area (Å²) in [7, 11) is -3.62. The molecular weight excluding hydrogens is 530 g/mol. The second-order valence-electron chi connectivity index (χ2n) is 7.72. The quantitative estimate of drug-likeness (QED) is 0.432. The predicted molar refractivity (Wildman–Crippen MR) is 128 cm³/mol. The highest BCUT2D eigenvalue weighted by Gasteiger charge is 2.45. The SMILES string of the molecule is CC1(C)C(=O)NC(=O)N1CCNc1ncc(Br)c(-c2ccc(S(=O)(=O)c3ccccc3)s2)n1. The zero-order valence-corrected chi connectivity index (χ0v) is 20.9. The molecule has 3 aromatic rings. The van der Waals surface area contributed by atoms with Crippen LogP contribution in [0, 0.1) is 0 Å². The zero-order valence-electron chi connectivity index (χ0n) is 17.7. The summed E-state index contributed by atoms with van der Waals surface area (Å²) in [6.45, 7) is 3.96. The van der Waals surface area contributed by atoms with Gasteiger partial charge in [-0.15, -0.1) is 11.3 Å². The van der Waals surface area contributed by atoms with Crippen molar-refractivity contribution in [1.82, 2.24) is 20.2 Å². The fourth-order valence-corrected chi connectivity index (χ4v) is 6.56. The molecule has 172 valence electrons. The minimum absolute atomic E-state index is 0.218. The molecule has 0 atom stereocenters. The van der Waals surface area contributed by atoms with Gasteiger partial charge in [0.05, 0.1) is 14.2 Å². The summed E-state index contributed by atoms with van der Waals surface area (Å²) in [5.41, 5.74) is -0.385. The number of carbonyl (C=O) groups is 2. The lowest BCUT2D eigenvalue weighted by Crippen LogP contribution is -2.46.